The summed E-state index contributed by atoms with van der Waals surface area (Å²) in [5, 5.41) is 6.48. The van der Waals surface area contributed by atoms with E-state index in [0.717, 1.165) is 12.8 Å². The van der Waals surface area contributed by atoms with E-state index in [4.69, 9.17) is 10.5 Å². The fourth-order valence-electron chi connectivity index (χ4n) is 1.25. The van der Waals surface area contributed by atoms with Gasteiger partial charge in [0.2, 0.25) is 0 Å². The second kappa shape index (κ2) is 7.31. The molecule has 1 aromatic heterocycles. The Labute approximate surface area is 105 Å². The highest BCUT2D eigenvalue weighted by Crippen LogP contribution is 1.96. The van der Waals surface area contributed by atoms with Crippen LogP contribution in [0.3, 0.4) is 0 Å². The zero-order valence-electron chi connectivity index (χ0n) is 10.4. The molecule has 0 aliphatic carbocycles. The van der Waals surface area contributed by atoms with Crippen molar-refractivity contribution in [3.8, 4) is 0 Å². The SMILES string of the molecule is CCCCNC(=O)COC(=O)Cn1ccc(N)n1. The van der Waals surface area contributed by atoms with Gasteiger partial charge in [-0.25, -0.2) is 0 Å². The molecule has 1 rings (SSSR count). The van der Waals surface area contributed by atoms with Crippen LogP contribution in [0.25, 0.3) is 0 Å². The standard InChI is InChI=1S/C11H18N4O3/c1-2-3-5-13-10(16)8-18-11(17)7-15-6-4-9(12)14-15/h4,6H,2-3,5,7-8H2,1H3,(H2,12,14)(H,13,16). The van der Waals surface area contributed by atoms with Crippen LogP contribution in [0.15, 0.2) is 12.3 Å². The van der Waals surface area contributed by atoms with Crippen LogP contribution in [0.2, 0.25) is 0 Å². The van der Waals surface area contributed by atoms with E-state index >= 15 is 0 Å². The van der Waals surface area contributed by atoms with Crippen molar-refractivity contribution in [1.82, 2.24) is 15.1 Å². The average Bonchev–Trinajstić information content (AvgIpc) is 2.72. The molecule has 0 saturated carbocycles. The van der Waals surface area contributed by atoms with Crippen LogP contribution in [0, 0.1) is 0 Å². The van der Waals surface area contributed by atoms with Gasteiger partial charge in [-0.1, -0.05) is 13.3 Å². The number of hydrogen-bond acceptors (Lipinski definition) is 5. The molecule has 1 amide bonds. The highest BCUT2D eigenvalue weighted by atomic mass is 16.5. The van der Waals surface area contributed by atoms with Gasteiger partial charge in [-0.05, 0) is 12.5 Å². The third kappa shape index (κ3) is 5.33. The molecule has 100 valence electrons. The molecule has 1 heterocycles. The van der Waals surface area contributed by atoms with Crippen LogP contribution in [0.4, 0.5) is 5.82 Å². The number of nitrogens with zero attached hydrogens (tertiary/aromatic N) is 2. The summed E-state index contributed by atoms with van der Waals surface area (Å²) in [6.45, 7) is 2.31. The first-order chi connectivity index (χ1) is 8.61. The van der Waals surface area contributed by atoms with Crippen LogP contribution in [-0.2, 0) is 20.9 Å². The minimum absolute atomic E-state index is 0.0561. The summed E-state index contributed by atoms with van der Waals surface area (Å²) in [6.07, 6.45) is 3.48. The Balaban J connectivity index is 2.18. The Morgan fingerprint density at radius 2 is 2.33 bits per heavy atom. The van der Waals surface area contributed by atoms with E-state index in [1.165, 1.54) is 4.68 Å². The molecule has 1 aromatic rings. The number of nitrogens with one attached hydrogen (secondary N) is 1. The zero-order valence-corrected chi connectivity index (χ0v) is 10.4. The van der Waals surface area contributed by atoms with Crippen LogP contribution >= 0.6 is 0 Å². The van der Waals surface area contributed by atoms with Gasteiger partial charge in [-0.15, -0.1) is 0 Å². The molecule has 0 radical (unpaired) electrons. The Bertz CT molecular complexity index is 403. The first-order valence-corrected chi connectivity index (χ1v) is 5.83. The fraction of sp³-hybridized carbons (Fsp3) is 0.545. The Hall–Kier alpha value is -2.05. The number of esters is 1. The summed E-state index contributed by atoms with van der Waals surface area (Å²) in [5.41, 5.74) is 5.40. The predicted octanol–water partition coefficient (Wildman–Crippen LogP) is -0.0752. The summed E-state index contributed by atoms with van der Waals surface area (Å²) in [5.74, 6) is -0.486. The van der Waals surface area contributed by atoms with Gasteiger partial charge >= 0.3 is 5.97 Å². The number of nitrogen functional groups attached to an aromatic ring is 1. The van der Waals surface area contributed by atoms with Crippen molar-refractivity contribution >= 4 is 17.7 Å². The van der Waals surface area contributed by atoms with Gasteiger partial charge in [-0.2, -0.15) is 5.10 Å². The summed E-state index contributed by atoms with van der Waals surface area (Å²) in [4.78, 5) is 22.6. The lowest BCUT2D eigenvalue weighted by molar-refractivity contribution is -0.149. The monoisotopic (exact) mass is 254 g/mol. The van der Waals surface area contributed by atoms with Gasteiger partial charge in [0.15, 0.2) is 6.61 Å². The van der Waals surface area contributed by atoms with E-state index in [9.17, 15) is 9.59 Å². The molecule has 0 aliphatic heterocycles. The molecular formula is C11H18N4O3. The number of carbonyl (C=O) groups is 2. The maximum absolute atomic E-state index is 11.4. The topological polar surface area (TPSA) is 99.2 Å². The molecule has 0 aromatic carbocycles. The Morgan fingerprint density at radius 1 is 1.56 bits per heavy atom. The van der Waals surface area contributed by atoms with Crippen LogP contribution in [0.1, 0.15) is 19.8 Å². The number of rotatable bonds is 7. The molecule has 0 aliphatic rings. The van der Waals surface area contributed by atoms with Crippen molar-refractivity contribution in [3.05, 3.63) is 12.3 Å². The van der Waals surface area contributed by atoms with E-state index in [0.29, 0.717) is 12.4 Å². The fourth-order valence-corrected chi connectivity index (χ4v) is 1.25. The van der Waals surface area contributed by atoms with E-state index in [2.05, 4.69) is 10.4 Å². The number of hydrogen-bond donors (Lipinski definition) is 2. The van der Waals surface area contributed by atoms with Crippen LogP contribution < -0.4 is 11.1 Å². The lowest BCUT2D eigenvalue weighted by Crippen LogP contribution is -2.30. The largest absolute Gasteiger partial charge is 0.454 e. The summed E-state index contributed by atoms with van der Waals surface area (Å²) < 4.78 is 6.15. The minimum Gasteiger partial charge on any atom is -0.454 e. The molecule has 7 heteroatoms. The van der Waals surface area contributed by atoms with Crippen molar-refractivity contribution < 1.29 is 14.3 Å². The maximum atomic E-state index is 11.4. The molecule has 7 nitrogen and oxygen atoms in total. The van der Waals surface area contributed by atoms with Gasteiger partial charge in [0.05, 0.1) is 0 Å². The summed E-state index contributed by atoms with van der Waals surface area (Å²) in [7, 11) is 0. The van der Waals surface area contributed by atoms with E-state index in [-0.39, 0.29) is 19.1 Å². The second-order valence-electron chi connectivity index (χ2n) is 3.80. The number of carbonyl (C=O) groups excluding carboxylic acids is 2. The van der Waals surface area contributed by atoms with Crippen LogP contribution in [-0.4, -0.2) is 34.8 Å². The maximum Gasteiger partial charge on any atom is 0.328 e. The predicted molar refractivity (Wildman–Crippen MR) is 65.5 cm³/mol. The van der Waals surface area contributed by atoms with Crippen molar-refractivity contribution in [1.29, 1.82) is 0 Å². The molecule has 0 spiro atoms. The van der Waals surface area contributed by atoms with E-state index in [1.54, 1.807) is 12.3 Å². The highest BCUT2D eigenvalue weighted by molar-refractivity contribution is 5.80. The second-order valence-corrected chi connectivity index (χ2v) is 3.80. The molecule has 0 bridgehead atoms. The number of nitrogens with two attached hydrogens (primary N) is 1. The quantitative estimate of drug-likeness (QED) is 0.524. The summed E-state index contributed by atoms with van der Waals surface area (Å²) >= 11 is 0. The molecule has 3 N–H and O–H groups in total. The molecule has 0 unspecified atom stereocenters. The third-order valence-corrected chi connectivity index (χ3v) is 2.17. The minimum atomic E-state index is -0.524. The third-order valence-electron chi connectivity index (χ3n) is 2.17. The molecular weight excluding hydrogens is 236 g/mol. The van der Waals surface area contributed by atoms with Gasteiger partial charge < -0.3 is 15.8 Å². The van der Waals surface area contributed by atoms with Crippen LogP contribution in [0.5, 0.6) is 0 Å². The average molecular weight is 254 g/mol. The van der Waals surface area contributed by atoms with Gasteiger partial charge in [0, 0.05) is 12.7 Å². The first-order valence-electron chi connectivity index (χ1n) is 5.83. The van der Waals surface area contributed by atoms with E-state index < -0.39 is 5.97 Å². The molecule has 0 saturated heterocycles. The Kier molecular flexibility index (Phi) is 5.69. The number of aromatic nitrogens is 2. The van der Waals surface area contributed by atoms with Gasteiger partial charge in [-0.3, -0.25) is 14.3 Å². The normalized spacial score (nSPS) is 10.1. The number of amides is 1. The lowest BCUT2D eigenvalue weighted by Gasteiger charge is -2.06. The molecule has 0 atom stereocenters. The van der Waals surface area contributed by atoms with Crippen molar-refractivity contribution in [2.24, 2.45) is 0 Å². The first kappa shape index (κ1) is 14.0. The number of ether oxygens (including phenoxy) is 1. The molecule has 18 heavy (non-hydrogen) atoms. The zero-order chi connectivity index (χ0) is 13.4. The molecule has 0 fully saturated rings. The number of anilines is 1. The Morgan fingerprint density at radius 3 is 2.94 bits per heavy atom. The highest BCUT2D eigenvalue weighted by Gasteiger charge is 2.08. The lowest BCUT2D eigenvalue weighted by atomic mass is 10.3. The van der Waals surface area contributed by atoms with Crippen molar-refractivity contribution in [2.75, 3.05) is 18.9 Å². The smallest absolute Gasteiger partial charge is 0.328 e. The van der Waals surface area contributed by atoms with Gasteiger partial charge in [0.25, 0.3) is 5.91 Å². The van der Waals surface area contributed by atoms with Crippen molar-refractivity contribution in [2.45, 2.75) is 26.3 Å². The van der Waals surface area contributed by atoms with E-state index in [1.807, 2.05) is 6.92 Å². The summed E-state index contributed by atoms with van der Waals surface area (Å²) in [6, 6.07) is 1.57. The van der Waals surface area contributed by atoms with Gasteiger partial charge in [0.1, 0.15) is 12.4 Å². The van der Waals surface area contributed by atoms with Crippen molar-refractivity contribution in [3.63, 3.8) is 0 Å². The number of unbranched alkanes of at least 4 members (excludes halogenated alkanes) is 1.